The van der Waals surface area contributed by atoms with Crippen molar-refractivity contribution in [1.29, 1.82) is 0 Å². The predicted octanol–water partition coefficient (Wildman–Crippen LogP) is 2.07. The molecule has 1 aromatic carbocycles. The number of halogens is 1. The van der Waals surface area contributed by atoms with Gasteiger partial charge in [0.2, 0.25) is 0 Å². The van der Waals surface area contributed by atoms with Gasteiger partial charge in [-0.2, -0.15) is 0 Å². The minimum Gasteiger partial charge on any atom is -0.329 e. The zero-order valence-corrected chi connectivity index (χ0v) is 10.7. The molecule has 0 aliphatic carbocycles. The fraction of sp³-hybridized carbons (Fsp3) is 0.500. The van der Waals surface area contributed by atoms with Crippen molar-refractivity contribution in [3.63, 3.8) is 0 Å². The van der Waals surface area contributed by atoms with E-state index in [2.05, 4.69) is 39.9 Å². The highest BCUT2D eigenvalue weighted by atomic mass is 79.9. The molecule has 1 aromatic rings. The molecule has 0 saturated carbocycles. The van der Waals surface area contributed by atoms with Gasteiger partial charge in [0.1, 0.15) is 0 Å². The summed E-state index contributed by atoms with van der Waals surface area (Å²) in [5.74, 6) is 0. The molecule has 0 unspecified atom stereocenters. The highest BCUT2D eigenvalue weighted by molar-refractivity contribution is 9.10. The quantitative estimate of drug-likeness (QED) is 0.890. The summed E-state index contributed by atoms with van der Waals surface area (Å²) in [6, 6.07) is 4.50. The van der Waals surface area contributed by atoms with Gasteiger partial charge in [-0.1, -0.05) is 22.0 Å². The normalized spacial score (nSPS) is 16.5. The molecule has 15 heavy (non-hydrogen) atoms. The first kappa shape index (κ1) is 11.1. The lowest BCUT2D eigenvalue weighted by Crippen LogP contribution is -2.34. The zero-order chi connectivity index (χ0) is 10.8. The van der Waals surface area contributed by atoms with E-state index in [-0.39, 0.29) is 0 Å². The lowest BCUT2D eigenvalue weighted by atomic mass is 9.98. The summed E-state index contributed by atoms with van der Waals surface area (Å²) in [5.41, 5.74) is 9.86. The van der Waals surface area contributed by atoms with Gasteiger partial charge in [-0.25, -0.2) is 0 Å². The van der Waals surface area contributed by atoms with Crippen LogP contribution in [0.5, 0.6) is 0 Å². The molecule has 0 fully saturated rings. The molecule has 0 aromatic heterocycles. The van der Waals surface area contributed by atoms with Gasteiger partial charge in [0.05, 0.1) is 0 Å². The van der Waals surface area contributed by atoms with E-state index in [9.17, 15) is 0 Å². The van der Waals surface area contributed by atoms with E-state index in [0.717, 1.165) is 32.6 Å². The first-order valence-electron chi connectivity index (χ1n) is 5.41. The maximum Gasteiger partial charge on any atom is 0.0237 e. The second kappa shape index (κ2) is 4.64. The third-order valence-corrected chi connectivity index (χ3v) is 3.66. The highest BCUT2D eigenvalue weighted by Gasteiger charge is 2.17. The van der Waals surface area contributed by atoms with Crippen LogP contribution in [-0.4, -0.2) is 24.5 Å². The van der Waals surface area contributed by atoms with Crippen molar-refractivity contribution < 1.29 is 0 Å². The second-order valence-electron chi connectivity index (χ2n) is 4.20. The Morgan fingerprint density at radius 1 is 1.47 bits per heavy atom. The maximum atomic E-state index is 5.59. The van der Waals surface area contributed by atoms with E-state index in [1.165, 1.54) is 21.2 Å². The van der Waals surface area contributed by atoms with Crippen LogP contribution < -0.4 is 5.73 Å². The average molecular weight is 269 g/mol. The predicted molar refractivity (Wildman–Crippen MR) is 66.9 cm³/mol. The molecular weight excluding hydrogens is 252 g/mol. The van der Waals surface area contributed by atoms with Crippen molar-refractivity contribution in [3.05, 3.63) is 33.3 Å². The van der Waals surface area contributed by atoms with Crippen LogP contribution in [0.4, 0.5) is 0 Å². The van der Waals surface area contributed by atoms with E-state index < -0.39 is 0 Å². The number of nitrogens with two attached hydrogens (primary N) is 1. The number of nitrogens with zero attached hydrogens (tertiary/aromatic N) is 1. The monoisotopic (exact) mass is 268 g/mol. The molecule has 2 nitrogen and oxygen atoms in total. The summed E-state index contributed by atoms with van der Waals surface area (Å²) in [5, 5.41) is 0. The van der Waals surface area contributed by atoms with Gasteiger partial charge in [0, 0.05) is 30.7 Å². The molecule has 0 amide bonds. The van der Waals surface area contributed by atoms with Crippen LogP contribution >= 0.6 is 15.9 Å². The molecule has 82 valence electrons. The number of hydrogen-bond donors (Lipinski definition) is 1. The summed E-state index contributed by atoms with van der Waals surface area (Å²) in [7, 11) is 0. The molecule has 3 heteroatoms. The zero-order valence-electron chi connectivity index (χ0n) is 9.09. The Kier molecular flexibility index (Phi) is 3.44. The third-order valence-electron chi connectivity index (χ3n) is 2.95. The Bertz CT molecular complexity index is 363. The smallest absolute Gasteiger partial charge is 0.0237 e. The van der Waals surface area contributed by atoms with E-state index in [0.29, 0.717) is 0 Å². The van der Waals surface area contributed by atoms with E-state index in [1.807, 2.05) is 0 Å². The maximum absolute atomic E-state index is 5.59. The molecule has 0 saturated heterocycles. The number of aryl methyl sites for hydroxylation is 1. The molecular formula is C12H17BrN2. The van der Waals surface area contributed by atoms with Crippen molar-refractivity contribution in [2.45, 2.75) is 19.9 Å². The van der Waals surface area contributed by atoms with Gasteiger partial charge in [0.25, 0.3) is 0 Å². The van der Waals surface area contributed by atoms with E-state index in [4.69, 9.17) is 5.73 Å². The molecule has 0 bridgehead atoms. The molecule has 0 spiro atoms. The summed E-state index contributed by atoms with van der Waals surface area (Å²) in [4.78, 5) is 2.42. The minimum absolute atomic E-state index is 0.752. The lowest BCUT2D eigenvalue weighted by Gasteiger charge is -2.29. The Hall–Kier alpha value is -0.380. The second-order valence-corrected chi connectivity index (χ2v) is 5.05. The number of rotatable bonds is 2. The van der Waals surface area contributed by atoms with Crippen molar-refractivity contribution in [2.75, 3.05) is 19.6 Å². The van der Waals surface area contributed by atoms with Crippen LogP contribution in [0, 0.1) is 6.92 Å². The van der Waals surface area contributed by atoms with Crippen LogP contribution in [0.1, 0.15) is 16.7 Å². The summed E-state index contributed by atoms with van der Waals surface area (Å²) in [6.45, 7) is 6.08. The van der Waals surface area contributed by atoms with Crippen molar-refractivity contribution in [2.24, 2.45) is 5.73 Å². The molecule has 0 atom stereocenters. The highest BCUT2D eigenvalue weighted by Crippen LogP contribution is 2.27. The van der Waals surface area contributed by atoms with Crippen molar-refractivity contribution in [3.8, 4) is 0 Å². The van der Waals surface area contributed by atoms with Gasteiger partial charge in [0.15, 0.2) is 0 Å². The Balaban J connectivity index is 2.25. The summed E-state index contributed by atoms with van der Waals surface area (Å²) < 4.78 is 1.27. The number of fused-ring (bicyclic) bond motifs is 1. The number of hydrogen-bond acceptors (Lipinski definition) is 2. The van der Waals surface area contributed by atoms with Crippen LogP contribution in [0.15, 0.2) is 16.6 Å². The SMILES string of the molecule is Cc1cc(Br)c2c(c1)CN(CCN)CC2. The summed E-state index contributed by atoms with van der Waals surface area (Å²) in [6.07, 6.45) is 1.14. The van der Waals surface area contributed by atoms with Gasteiger partial charge in [-0.3, -0.25) is 4.90 Å². The molecule has 1 heterocycles. The van der Waals surface area contributed by atoms with Gasteiger partial charge >= 0.3 is 0 Å². The fourth-order valence-corrected chi connectivity index (χ4v) is 3.04. The molecule has 1 aliphatic rings. The van der Waals surface area contributed by atoms with Crippen LogP contribution in [0.25, 0.3) is 0 Å². The fourth-order valence-electron chi connectivity index (χ4n) is 2.23. The van der Waals surface area contributed by atoms with Crippen LogP contribution in [0.2, 0.25) is 0 Å². The molecule has 1 aliphatic heterocycles. The Morgan fingerprint density at radius 2 is 2.27 bits per heavy atom. The van der Waals surface area contributed by atoms with E-state index in [1.54, 1.807) is 0 Å². The van der Waals surface area contributed by atoms with Crippen molar-refractivity contribution >= 4 is 15.9 Å². The molecule has 2 rings (SSSR count). The van der Waals surface area contributed by atoms with Gasteiger partial charge in [-0.15, -0.1) is 0 Å². The molecule has 2 N–H and O–H groups in total. The Labute approximate surface area is 99.6 Å². The van der Waals surface area contributed by atoms with E-state index >= 15 is 0 Å². The standard InChI is InChI=1S/C12H17BrN2/c1-9-6-10-8-15(5-3-14)4-2-11(10)12(13)7-9/h6-7H,2-5,8,14H2,1H3. The average Bonchev–Trinajstić information content (AvgIpc) is 2.17. The third kappa shape index (κ3) is 2.41. The number of benzene rings is 1. The van der Waals surface area contributed by atoms with Crippen molar-refractivity contribution in [1.82, 2.24) is 4.90 Å². The minimum atomic E-state index is 0.752. The first-order chi connectivity index (χ1) is 7.20. The molecule has 0 radical (unpaired) electrons. The largest absolute Gasteiger partial charge is 0.329 e. The van der Waals surface area contributed by atoms with Gasteiger partial charge < -0.3 is 5.73 Å². The first-order valence-corrected chi connectivity index (χ1v) is 6.20. The lowest BCUT2D eigenvalue weighted by molar-refractivity contribution is 0.261. The van der Waals surface area contributed by atoms with Crippen LogP contribution in [-0.2, 0) is 13.0 Å². The topological polar surface area (TPSA) is 29.3 Å². The van der Waals surface area contributed by atoms with Crippen LogP contribution in [0.3, 0.4) is 0 Å². The Morgan fingerprint density at radius 3 is 3.00 bits per heavy atom. The summed E-state index contributed by atoms with van der Waals surface area (Å²) >= 11 is 3.65. The van der Waals surface area contributed by atoms with Gasteiger partial charge in [-0.05, 0) is 36.1 Å².